The predicted octanol–water partition coefficient (Wildman–Crippen LogP) is 2.94. The monoisotopic (exact) mass is 200 g/mol. The van der Waals surface area contributed by atoms with Gasteiger partial charge in [0.25, 0.3) is 6.47 Å². The van der Waals surface area contributed by atoms with E-state index in [-0.39, 0.29) is 0 Å². The van der Waals surface area contributed by atoms with E-state index in [4.69, 9.17) is 0 Å². The molecule has 0 unspecified atom stereocenters. The van der Waals surface area contributed by atoms with Crippen molar-refractivity contribution in [3.8, 4) is 0 Å². The minimum Gasteiger partial charge on any atom is -0.437 e. The molecule has 0 heterocycles. The van der Waals surface area contributed by atoms with Crippen LogP contribution in [0.5, 0.6) is 0 Å². The van der Waals surface area contributed by atoms with Gasteiger partial charge in [-0.25, -0.2) is 0 Å². The molecular formula is C13H12O2. The van der Waals surface area contributed by atoms with Crippen molar-refractivity contribution in [2.45, 2.75) is 0 Å². The highest BCUT2D eigenvalue weighted by molar-refractivity contribution is 5.50. The van der Waals surface area contributed by atoms with Crippen molar-refractivity contribution in [2.75, 3.05) is 0 Å². The van der Waals surface area contributed by atoms with Gasteiger partial charge in [-0.05, 0) is 11.6 Å². The summed E-state index contributed by atoms with van der Waals surface area (Å²) in [6, 6.07) is 10.0. The van der Waals surface area contributed by atoms with Gasteiger partial charge in [-0.3, -0.25) is 4.79 Å². The minimum atomic E-state index is 0.379. The van der Waals surface area contributed by atoms with Crippen LogP contribution in [0.25, 0.3) is 6.08 Å². The number of hydrogen-bond donors (Lipinski definition) is 0. The zero-order chi connectivity index (χ0) is 10.8. The number of benzene rings is 1. The molecular weight excluding hydrogens is 188 g/mol. The quantitative estimate of drug-likeness (QED) is 0.415. The molecule has 0 spiro atoms. The summed E-state index contributed by atoms with van der Waals surface area (Å²) >= 11 is 0. The fraction of sp³-hybridized carbons (Fsp3) is 0. The molecule has 2 nitrogen and oxygen atoms in total. The first-order valence-corrected chi connectivity index (χ1v) is 4.57. The summed E-state index contributed by atoms with van der Waals surface area (Å²) in [4.78, 5) is 9.77. The molecule has 0 saturated carbocycles. The van der Waals surface area contributed by atoms with E-state index in [0.717, 1.165) is 5.56 Å². The van der Waals surface area contributed by atoms with Crippen molar-refractivity contribution in [1.29, 1.82) is 0 Å². The van der Waals surface area contributed by atoms with Gasteiger partial charge < -0.3 is 4.74 Å². The van der Waals surface area contributed by atoms with E-state index in [2.05, 4.69) is 4.74 Å². The Morgan fingerprint density at radius 1 is 0.933 bits per heavy atom. The van der Waals surface area contributed by atoms with Gasteiger partial charge in [0.1, 0.15) is 0 Å². The maximum atomic E-state index is 9.77. The smallest absolute Gasteiger partial charge is 0.297 e. The van der Waals surface area contributed by atoms with Crippen LogP contribution in [-0.2, 0) is 9.53 Å². The average Bonchev–Trinajstić information content (AvgIpc) is 2.29. The average molecular weight is 200 g/mol. The number of carbonyl (C=O) groups is 1. The van der Waals surface area contributed by atoms with E-state index >= 15 is 0 Å². The molecule has 0 bridgehead atoms. The fourth-order valence-electron chi connectivity index (χ4n) is 0.982. The summed E-state index contributed by atoms with van der Waals surface area (Å²) in [7, 11) is 0. The van der Waals surface area contributed by atoms with Crippen LogP contribution in [0, 0.1) is 0 Å². The molecule has 0 amide bonds. The Hall–Kier alpha value is -2.09. The second kappa shape index (κ2) is 7.33. The topological polar surface area (TPSA) is 26.3 Å². The summed E-state index contributed by atoms with van der Waals surface area (Å²) in [6.45, 7) is 0.379. The molecule has 0 atom stereocenters. The lowest BCUT2D eigenvalue weighted by molar-refractivity contribution is -0.123. The third-order valence-corrected chi connectivity index (χ3v) is 1.63. The summed E-state index contributed by atoms with van der Waals surface area (Å²) in [5, 5.41) is 0. The van der Waals surface area contributed by atoms with Crippen LogP contribution in [0.2, 0.25) is 0 Å². The number of rotatable bonds is 5. The van der Waals surface area contributed by atoms with E-state index in [0.29, 0.717) is 6.47 Å². The van der Waals surface area contributed by atoms with E-state index in [1.165, 1.54) is 6.26 Å². The Kier molecular flexibility index (Phi) is 5.37. The minimum absolute atomic E-state index is 0.379. The van der Waals surface area contributed by atoms with Crippen LogP contribution < -0.4 is 0 Å². The second-order valence-electron chi connectivity index (χ2n) is 2.72. The normalized spacial score (nSPS) is 11.5. The highest BCUT2D eigenvalue weighted by atomic mass is 16.5. The number of ether oxygens (including phenoxy) is 1. The summed E-state index contributed by atoms with van der Waals surface area (Å²) in [6.07, 6.45) is 10.5. The summed E-state index contributed by atoms with van der Waals surface area (Å²) in [5.41, 5.74) is 1.15. The molecule has 0 aromatic heterocycles. The zero-order valence-electron chi connectivity index (χ0n) is 8.24. The lowest BCUT2D eigenvalue weighted by atomic mass is 10.2. The van der Waals surface area contributed by atoms with Crippen LogP contribution >= 0.6 is 0 Å². The van der Waals surface area contributed by atoms with E-state index in [9.17, 15) is 4.79 Å². The van der Waals surface area contributed by atoms with Crippen molar-refractivity contribution in [1.82, 2.24) is 0 Å². The molecule has 1 aromatic carbocycles. The molecule has 1 rings (SSSR count). The molecule has 0 aliphatic rings. The Balaban J connectivity index is 2.37. The SMILES string of the molecule is O=CO/C=C/C=C/C=C/c1ccccc1. The van der Waals surface area contributed by atoms with Crippen molar-refractivity contribution in [3.05, 3.63) is 66.5 Å². The van der Waals surface area contributed by atoms with Crippen LogP contribution in [0.3, 0.4) is 0 Å². The molecule has 1 aromatic rings. The van der Waals surface area contributed by atoms with Gasteiger partial charge in [0.05, 0.1) is 6.26 Å². The number of allylic oxidation sites excluding steroid dienone is 4. The number of carbonyl (C=O) groups excluding carboxylic acids is 1. The second-order valence-corrected chi connectivity index (χ2v) is 2.72. The largest absolute Gasteiger partial charge is 0.437 e. The molecule has 0 N–H and O–H groups in total. The van der Waals surface area contributed by atoms with Gasteiger partial charge in [0, 0.05) is 0 Å². The van der Waals surface area contributed by atoms with Gasteiger partial charge in [-0.15, -0.1) is 0 Å². The van der Waals surface area contributed by atoms with Crippen LogP contribution in [0.4, 0.5) is 0 Å². The maximum Gasteiger partial charge on any atom is 0.297 e. The molecule has 0 fully saturated rings. The summed E-state index contributed by atoms with van der Waals surface area (Å²) < 4.78 is 4.36. The van der Waals surface area contributed by atoms with Gasteiger partial charge in [-0.1, -0.05) is 54.6 Å². The van der Waals surface area contributed by atoms with E-state index < -0.39 is 0 Å². The molecule has 0 saturated heterocycles. The Labute approximate surface area is 89.2 Å². The first kappa shape index (κ1) is 11.0. The molecule has 0 aliphatic carbocycles. The Morgan fingerprint density at radius 2 is 1.67 bits per heavy atom. The van der Waals surface area contributed by atoms with E-state index in [1.807, 2.05) is 48.6 Å². The van der Waals surface area contributed by atoms with Crippen LogP contribution in [0.15, 0.2) is 60.9 Å². The highest BCUT2D eigenvalue weighted by Gasteiger charge is 1.79. The highest BCUT2D eigenvalue weighted by Crippen LogP contribution is 2.00. The molecule has 0 aliphatic heterocycles. The lowest BCUT2D eigenvalue weighted by Crippen LogP contribution is -1.70. The first-order valence-electron chi connectivity index (χ1n) is 4.57. The van der Waals surface area contributed by atoms with Crippen molar-refractivity contribution < 1.29 is 9.53 Å². The Bertz CT molecular complexity index is 361. The molecule has 15 heavy (non-hydrogen) atoms. The van der Waals surface area contributed by atoms with Crippen molar-refractivity contribution in [3.63, 3.8) is 0 Å². The fourth-order valence-corrected chi connectivity index (χ4v) is 0.982. The standard InChI is InChI=1S/C13H12O2/c14-12-15-11-7-2-1-4-8-13-9-5-3-6-10-13/h1-12H/b2-1+,8-4+,11-7+. The first-order chi connectivity index (χ1) is 7.43. The van der Waals surface area contributed by atoms with Crippen molar-refractivity contribution >= 4 is 12.5 Å². The van der Waals surface area contributed by atoms with Gasteiger partial charge in [-0.2, -0.15) is 0 Å². The van der Waals surface area contributed by atoms with E-state index in [1.54, 1.807) is 12.2 Å². The third-order valence-electron chi connectivity index (χ3n) is 1.63. The summed E-state index contributed by atoms with van der Waals surface area (Å²) in [5.74, 6) is 0. The van der Waals surface area contributed by atoms with Gasteiger partial charge in [0.2, 0.25) is 0 Å². The van der Waals surface area contributed by atoms with Gasteiger partial charge in [0.15, 0.2) is 0 Å². The Morgan fingerprint density at radius 3 is 2.40 bits per heavy atom. The third kappa shape index (κ3) is 5.26. The zero-order valence-corrected chi connectivity index (χ0v) is 8.24. The molecule has 76 valence electrons. The maximum absolute atomic E-state index is 9.77. The number of hydrogen-bond acceptors (Lipinski definition) is 2. The molecule has 2 heteroatoms. The van der Waals surface area contributed by atoms with Gasteiger partial charge >= 0.3 is 0 Å². The molecule has 0 radical (unpaired) electrons. The van der Waals surface area contributed by atoms with Crippen molar-refractivity contribution in [2.24, 2.45) is 0 Å². The van der Waals surface area contributed by atoms with Crippen LogP contribution in [0.1, 0.15) is 5.56 Å². The lowest BCUT2D eigenvalue weighted by Gasteiger charge is -1.87. The van der Waals surface area contributed by atoms with Crippen LogP contribution in [-0.4, -0.2) is 6.47 Å². The predicted molar refractivity (Wildman–Crippen MR) is 60.9 cm³/mol.